The molecule has 0 spiro atoms. The molecule has 2 aliphatic rings. The van der Waals surface area contributed by atoms with Crippen LogP contribution in [0.15, 0.2) is 24.3 Å². The summed E-state index contributed by atoms with van der Waals surface area (Å²) in [6.45, 7) is 0.620. The summed E-state index contributed by atoms with van der Waals surface area (Å²) >= 11 is 0. The third-order valence-corrected chi connectivity index (χ3v) is 5.61. The molecular weight excluding hydrogens is 357 g/mol. The molecule has 2 fully saturated rings. The Morgan fingerprint density at radius 3 is 2.35 bits per heavy atom. The lowest BCUT2D eigenvalue weighted by Crippen LogP contribution is -2.49. The lowest BCUT2D eigenvalue weighted by molar-refractivity contribution is -0.127. The van der Waals surface area contributed by atoms with Crippen LogP contribution in [0.1, 0.15) is 42.5 Å². The van der Waals surface area contributed by atoms with Crippen molar-refractivity contribution in [3.63, 3.8) is 0 Å². The monoisotopic (exact) mass is 383 g/mol. The number of amides is 2. The summed E-state index contributed by atoms with van der Waals surface area (Å²) in [7, 11) is 0. The number of nitrogens with one attached hydrogen (secondary N) is 2. The fraction of sp³-hybridized carbons (Fsp3) is 0.579. The van der Waals surface area contributed by atoms with E-state index in [9.17, 15) is 14.0 Å². The van der Waals surface area contributed by atoms with Gasteiger partial charge in [-0.25, -0.2) is 4.39 Å². The van der Waals surface area contributed by atoms with E-state index in [1.165, 1.54) is 24.6 Å². The van der Waals surface area contributed by atoms with Crippen molar-refractivity contribution in [3.05, 3.63) is 35.6 Å². The van der Waals surface area contributed by atoms with Crippen molar-refractivity contribution in [2.75, 3.05) is 13.1 Å². The summed E-state index contributed by atoms with van der Waals surface area (Å²) in [6, 6.07) is 6.09. The topological polar surface area (TPSA) is 84.2 Å². The SMILES string of the molecule is Cl.NC1C2CCCC1CC(C(=O)NCCNC(=O)c1ccccc1F)C2. The number of fused-ring (bicyclic) bond motifs is 2. The highest BCUT2D eigenvalue weighted by molar-refractivity contribution is 5.94. The lowest BCUT2D eigenvalue weighted by atomic mass is 9.65. The fourth-order valence-corrected chi connectivity index (χ4v) is 4.25. The molecule has 7 heteroatoms. The minimum atomic E-state index is -0.547. The van der Waals surface area contributed by atoms with E-state index in [1.807, 2.05) is 0 Å². The number of carbonyl (C=O) groups excluding carboxylic acids is 2. The molecule has 26 heavy (non-hydrogen) atoms. The first-order valence-electron chi connectivity index (χ1n) is 9.12. The van der Waals surface area contributed by atoms with Crippen molar-refractivity contribution in [2.24, 2.45) is 23.5 Å². The van der Waals surface area contributed by atoms with Crippen LogP contribution in [0.25, 0.3) is 0 Å². The highest BCUT2D eigenvalue weighted by Gasteiger charge is 2.40. The number of nitrogens with two attached hydrogens (primary N) is 1. The first kappa shape index (κ1) is 20.6. The largest absolute Gasteiger partial charge is 0.354 e. The molecule has 2 aliphatic carbocycles. The standard InChI is InChI=1S/C19H26FN3O2.ClH/c20-16-7-2-1-6-15(16)19(25)23-9-8-22-18(24)14-10-12-4-3-5-13(11-14)17(12)21;/h1-2,6-7,12-14,17H,3-5,8-11,21H2,(H,22,24)(H,23,25);1H. The Kier molecular flexibility index (Phi) is 7.41. The van der Waals surface area contributed by atoms with Crippen molar-refractivity contribution >= 4 is 24.2 Å². The van der Waals surface area contributed by atoms with Gasteiger partial charge >= 0.3 is 0 Å². The van der Waals surface area contributed by atoms with Crippen LogP contribution in [0.5, 0.6) is 0 Å². The molecule has 1 aromatic carbocycles. The second-order valence-electron chi connectivity index (χ2n) is 7.22. The van der Waals surface area contributed by atoms with Crippen LogP contribution in [0.4, 0.5) is 4.39 Å². The highest BCUT2D eigenvalue weighted by atomic mass is 35.5. The average molecular weight is 384 g/mol. The van der Waals surface area contributed by atoms with Gasteiger partial charge in [0.1, 0.15) is 5.82 Å². The molecule has 0 aromatic heterocycles. The Morgan fingerprint density at radius 1 is 1.08 bits per heavy atom. The first-order chi connectivity index (χ1) is 12.1. The molecule has 2 amide bonds. The van der Waals surface area contributed by atoms with Gasteiger partial charge in [-0.1, -0.05) is 18.6 Å². The maximum atomic E-state index is 13.5. The number of halogens is 2. The summed E-state index contributed by atoms with van der Waals surface area (Å²) in [6.07, 6.45) is 5.20. The van der Waals surface area contributed by atoms with Gasteiger partial charge in [-0.2, -0.15) is 0 Å². The van der Waals surface area contributed by atoms with Crippen LogP contribution >= 0.6 is 12.4 Å². The molecular formula is C19H27ClFN3O2. The molecule has 0 heterocycles. The predicted octanol–water partition coefficient (Wildman–Crippen LogP) is 2.25. The minimum Gasteiger partial charge on any atom is -0.354 e. The van der Waals surface area contributed by atoms with Crippen molar-refractivity contribution in [1.29, 1.82) is 0 Å². The van der Waals surface area contributed by atoms with E-state index < -0.39 is 11.7 Å². The van der Waals surface area contributed by atoms with E-state index in [2.05, 4.69) is 10.6 Å². The number of benzene rings is 1. The Hall–Kier alpha value is -1.66. The normalized spacial score (nSPS) is 27.2. The van der Waals surface area contributed by atoms with Crippen LogP contribution in [0.3, 0.4) is 0 Å². The summed E-state index contributed by atoms with van der Waals surface area (Å²) in [4.78, 5) is 24.3. The number of rotatable bonds is 5. The maximum Gasteiger partial charge on any atom is 0.254 e. The summed E-state index contributed by atoms with van der Waals surface area (Å²) in [5, 5.41) is 5.52. The van der Waals surface area contributed by atoms with Gasteiger partial charge in [0.2, 0.25) is 5.91 Å². The Bertz CT molecular complexity index is 629. The molecule has 4 N–H and O–H groups in total. The zero-order chi connectivity index (χ0) is 17.8. The minimum absolute atomic E-state index is 0. The van der Waals surface area contributed by atoms with Crippen LogP contribution in [0, 0.1) is 23.6 Å². The molecule has 1 aromatic rings. The summed E-state index contributed by atoms with van der Waals surface area (Å²) in [5.74, 6) is -0.0195. The molecule has 2 saturated carbocycles. The highest BCUT2D eigenvalue weighted by Crippen LogP contribution is 2.41. The Labute approximate surface area is 159 Å². The first-order valence-corrected chi connectivity index (χ1v) is 9.12. The van der Waals surface area contributed by atoms with Crippen molar-refractivity contribution in [1.82, 2.24) is 10.6 Å². The van der Waals surface area contributed by atoms with E-state index in [0.29, 0.717) is 18.4 Å². The second-order valence-corrected chi connectivity index (χ2v) is 7.22. The van der Waals surface area contributed by atoms with E-state index in [-0.39, 0.29) is 42.4 Å². The lowest BCUT2D eigenvalue weighted by Gasteiger charge is -2.43. The third kappa shape index (κ3) is 4.74. The van der Waals surface area contributed by atoms with Gasteiger partial charge in [0.05, 0.1) is 5.56 Å². The van der Waals surface area contributed by atoms with Crippen LogP contribution in [-0.2, 0) is 4.79 Å². The molecule has 2 atom stereocenters. The number of hydrogen-bond acceptors (Lipinski definition) is 3. The van der Waals surface area contributed by atoms with E-state index in [0.717, 1.165) is 25.7 Å². The number of hydrogen-bond donors (Lipinski definition) is 3. The zero-order valence-electron chi connectivity index (χ0n) is 14.7. The van der Waals surface area contributed by atoms with Crippen LogP contribution in [0.2, 0.25) is 0 Å². The zero-order valence-corrected chi connectivity index (χ0v) is 15.6. The van der Waals surface area contributed by atoms with Crippen LogP contribution in [-0.4, -0.2) is 30.9 Å². The third-order valence-electron chi connectivity index (χ3n) is 5.61. The van der Waals surface area contributed by atoms with Crippen molar-refractivity contribution in [3.8, 4) is 0 Å². The van der Waals surface area contributed by atoms with Crippen molar-refractivity contribution < 1.29 is 14.0 Å². The van der Waals surface area contributed by atoms with Gasteiger partial charge < -0.3 is 16.4 Å². The quantitative estimate of drug-likeness (QED) is 0.682. The van der Waals surface area contributed by atoms with E-state index in [1.54, 1.807) is 6.07 Å². The van der Waals surface area contributed by atoms with Gasteiger partial charge in [-0.05, 0) is 49.7 Å². The summed E-state index contributed by atoms with van der Waals surface area (Å²) in [5.41, 5.74) is 6.28. The van der Waals surface area contributed by atoms with Gasteiger partial charge in [0.15, 0.2) is 0 Å². The van der Waals surface area contributed by atoms with E-state index in [4.69, 9.17) is 5.73 Å². The molecule has 5 nitrogen and oxygen atoms in total. The smallest absolute Gasteiger partial charge is 0.254 e. The number of carbonyl (C=O) groups is 2. The molecule has 3 rings (SSSR count). The van der Waals surface area contributed by atoms with Crippen LogP contribution < -0.4 is 16.4 Å². The molecule has 2 unspecified atom stereocenters. The van der Waals surface area contributed by atoms with Gasteiger partial charge in [-0.3, -0.25) is 9.59 Å². The molecule has 0 radical (unpaired) electrons. The summed E-state index contributed by atoms with van der Waals surface area (Å²) < 4.78 is 13.5. The Morgan fingerprint density at radius 2 is 1.69 bits per heavy atom. The van der Waals surface area contributed by atoms with E-state index >= 15 is 0 Å². The molecule has 0 aliphatic heterocycles. The molecule has 0 saturated heterocycles. The van der Waals surface area contributed by atoms with Gasteiger partial charge in [0.25, 0.3) is 5.91 Å². The maximum absolute atomic E-state index is 13.5. The van der Waals surface area contributed by atoms with Gasteiger partial charge in [0, 0.05) is 25.0 Å². The average Bonchev–Trinajstić information content (AvgIpc) is 2.58. The Balaban J connectivity index is 0.00000243. The fourth-order valence-electron chi connectivity index (χ4n) is 4.25. The van der Waals surface area contributed by atoms with Gasteiger partial charge in [-0.15, -0.1) is 12.4 Å². The molecule has 144 valence electrons. The second kappa shape index (κ2) is 9.33. The van der Waals surface area contributed by atoms with Crippen molar-refractivity contribution in [2.45, 2.75) is 38.1 Å². The molecule has 2 bridgehead atoms. The predicted molar refractivity (Wildman–Crippen MR) is 101 cm³/mol.